The number of hydrogen-bond donors (Lipinski definition) is 2. The second kappa shape index (κ2) is 6.83. The number of aromatic nitrogens is 1. The summed E-state index contributed by atoms with van der Waals surface area (Å²) >= 11 is 0. The Bertz CT molecular complexity index is 644. The second-order valence-electron chi connectivity index (χ2n) is 4.66. The normalized spacial score (nSPS) is 10.4. The predicted molar refractivity (Wildman–Crippen MR) is 79.2 cm³/mol. The van der Waals surface area contributed by atoms with Gasteiger partial charge in [0, 0.05) is 12.2 Å². The SMILES string of the molecule is CCc1ccc(C(=O)O)c(NCCc2cccc(F)c2)n1. The molecule has 2 rings (SSSR count). The molecule has 0 saturated heterocycles. The molecule has 21 heavy (non-hydrogen) atoms. The molecule has 0 saturated carbocycles. The quantitative estimate of drug-likeness (QED) is 0.857. The number of carbonyl (C=O) groups is 1. The van der Waals surface area contributed by atoms with Gasteiger partial charge >= 0.3 is 5.97 Å². The molecule has 2 N–H and O–H groups in total. The van der Waals surface area contributed by atoms with Crippen LogP contribution in [0, 0.1) is 5.82 Å². The van der Waals surface area contributed by atoms with Gasteiger partial charge < -0.3 is 10.4 Å². The molecule has 0 spiro atoms. The van der Waals surface area contributed by atoms with Crippen molar-refractivity contribution in [3.63, 3.8) is 0 Å². The van der Waals surface area contributed by atoms with Crippen LogP contribution in [0.4, 0.5) is 10.2 Å². The number of benzene rings is 1. The number of halogens is 1. The molecule has 4 nitrogen and oxygen atoms in total. The summed E-state index contributed by atoms with van der Waals surface area (Å²) in [6.45, 7) is 2.45. The molecule has 0 bridgehead atoms. The van der Waals surface area contributed by atoms with E-state index >= 15 is 0 Å². The van der Waals surface area contributed by atoms with Crippen LogP contribution in [0.15, 0.2) is 36.4 Å². The van der Waals surface area contributed by atoms with Gasteiger partial charge in [-0.1, -0.05) is 19.1 Å². The van der Waals surface area contributed by atoms with Crippen LogP contribution >= 0.6 is 0 Å². The predicted octanol–water partition coefficient (Wildman–Crippen LogP) is 3.14. The molecular weight excluding hydrogens is 271 g/mol. The van der Waals surface area contributed by atoms with E-state index in [-0.39, 0.29) is 11.4 Å². The Hall–Kier alpha value is -2.43. The fourth-order valence-corrected chi connectivity index (χ4v) is 2.02. The van der Waals surface area contributed by atoms with Crippen molar-refractivity contribution in [2.45, 2.75) is 19.8 Å². The maximum absolute atomic E-state index is 13.1. The number of hydrogen-bond acceptors (Lipinski definition) is 3. The van der Waals surface area contributed by atoms with Gasteiger partial charge in [0.05, 0.1) is 0 Å². The molecule has 0 radical (unpaired) electrons. The first-order valence-electron chi connectivity index (χ1n) is 6.81. The lowest BCUT2D eigenvalue weighted by Gasteiger charge is -2.10. The van der Waals surface area contributed by atoms with Gasteiger partial charge in [0.1, 0.15) is 17.2 Å². The Balaban J connectivity index is 2.06. The van der Waals surface area contributed by atoms with Crippen LogP contribution in [0.25, 0.3) is 0 Å². The first kappa shape index (κ1) is 15.0. The highest BCUT2D eigenvalue weighted by Crippen LogP contribution is 2.14. The standard InChI is InChI=1S/C16H17FN2O2/c1-2-13-6-7-14(16(20)21)15(19-13)18-9-8-11-4-3-5-12(17)10-11/h3-7,10H,2,8-9H2,1H3,(H,18,19)(H,20,21). The largest absolute Gasteiger partial charge is 0.478 e. The zero-order valence-electron chi connectivity index (χ0n) is 11.8. The molecule has 0 unspecified atom stereocenters. The maximum Gasteiger partial charge on any atom is 0.339 e. The molecule has 0 atom stereocenters. The highest BCUT2D eigenvalue weighted by molar-refractivity contribution is 5.93. The van der Waals surface area contributed by atoms with Crippen LogP contribution in [-0.4, -0.2) is 22.6 Å². The van der Waals surface area contributed by atoms with Gasteiger partial charge in [0.15, 0.2) is 0 Å². The first-order chi connectivity index (χ1) is 10.1. The summed E-state index contributed by atoms with van der Waals surface area (Å²) in [7, 11) is 0. The highest BCUT2D eigenvalue weighted by atomic mass is 19.1. The van der Waals surface area contributed by atoms with E-state index in [0.717, 1.165) is 17.7 Å². The van der Waals surface area contributed by atoms with Crippen molar-refractivity contribution >= 4 is 11.8 Å². The van der Waals surface area contributed by atoms with Gasteiger partial charge in [0.25, 0.3) is 0 Å². The highest BCUT2D eigenvalue weighted by Gasteiger charge is 2.11. The number of aromatic carboxylic acids is 1. The summed E-state index contributed by atoms with van der Waals surface area (Å²) in [5.74, 6) is -0.929. The number of rotatable bonds is 6. The van der Waals surface area contributed by atoms with Crippen LogP contribution < -0.4 is 5.32 Å². The molecule has 1 aromatic heterocycles. The average molecular weight is 288 g/mol. The van der Waals surface area contributed by atoms with E-state index < -0.39 is 5.97 Å². The molecule has 2 aromatic rings. The second-order valence-corrected chi connectivity index (χ2v) is 4.66. The van der Waals surface area contributed by atoms with Crippen LogP contribution in [0.3, 0.4) is 0 Å². The maximum atomic E-state index is 13.1. The molecule has 0 amide bonds. The van der Waals surface area contributed by atoms with Gasteiger partial charge in [-0.2, -0.15) is 0 Å². The molecule has 0 aliphatic carbocycles. The van der Waals surface area contributed by atoms with E-state index in [2.05, 4.69) is 10.3 Å². The van der Waals surface area contributed by atoms with E-state index in [4.69, 9.17) is 5.11 Å². The summed E-state index contributed by atoms with van der Waals surface area (Å²) in [5, 5.41) is 12.2. The van der Waals surface area contributed by atoms with E-state index in [9.17, 15) is 9.18 Å². The van der Waals surface area contributed by atoms with Gasteiger partial charge in [-0.25, -0.2) is 14.2 Å². The molecule has 0 aliphatic heterocycles. The Labute approximate surface area is 122 Å². The minimum absolute atomic E-state index is 0.145. The van der Waals surface area contributed by atoms with E-state index in [1.165, 1.54) is 12.1 Å². The molecule has 110 valence electrons. The lowest BCUT2D eigenvalue weighted by molar-refractivity contribution is 0.0697. The fourth-order valence-electron chi connectivity index (χ4n) is 2.02. The van der Waals surface area contributed by atoms with Crippen molar-refractivity contribution < 1.29 is 14.3 Å². The Morgan fingerprint density at radius 3 is 2.81 bits per heavy atom. The summed E-state index contributed by atoms with van der Waals surface area (Å²) in [4.78, 5) is 15.5. The van der Waals surface area contributed by atoms with Crippen molar-refractivity contribution in [3.05, 3.63) is 59.0 Å². The number of carboxylic acid groups (broad SMARTS) is 1. The zero-order valence-corrected chi connectivity index (χ0v) is 11.8. The molecule has 1 heterocycles. The van der Waals surface area contributed by atoms with Crippen molar-refractivity contribution in [2.75, 3.05) is 11.9 Å². The fraction of sp³-hybridized carbons (Fsp3) is 0.250. The Morgan fingerprint density at radius 2 is 2.14 bits per heavy atom. The van der Waals surface area contributed by atoms with E-state index in [1.54, 1.807) is 18.2 Å². The Kier molecular flexibility index (Phi) is 4.87. The van der Waals surface area contributed by atoms with Crippen molar-refractivity contribution in [3.8, 4) is 0 Å². The summed E-state index contributed by atoms with van der Waals surface area (Å²) in [5.41, 5.74) is 1.82. The smallest absolute Gasteiger partial charge is 0.339 e. The topological polar surface area (TPSA) is 62.2 Å². The lowest BCUT2D eigenvalue weighted by atomic mass is 10.1. The molecule has 0 aliphatic rings. The molecular formula is C16H17FN2O2. The van der Waals surface area contributed by atoms with Gasteiger partial charge in [-0.05, 0) is 42.7 Å². The Morgan fingerprint density at radius 1 is 1.33 bits per heavy atom. The van der Waals surface area contributed by atoms with Gasteiger partial charge in [0.2, 0.25) is 0 Å². The third-order valence-corrected chi connectivity index (χ3v) is 3.14. The minimum atomic E-state index is -1.02. The number of carboxylic acids is 1. The number of nitrogens with zero attached hydrogens (tertiary/aromatic N) is 1. The summed E-state index contributed by atoms with van der Waals surface area (Å²) in [6, 6.07) is 9.61. The first-order valence-corrected chi connectivity index (χ1v) is 6.81. The average Bonchev–Trinajstić information content (AvgIpc) is 2.47. The number of anilines is 1. The van der Waals surface area contributed by atoms with E-state index in [0.29, 0.717) is 18.8 Å². The third kappa shape index (κ3) is 4.02. The number of aryl methyl sites for hydroxylation is 1. The summed E-state index contributed by atoms with van der Waals surface area (Å²) < 4.78 is 13.1. The van der Waals surface area contributed by atoms with Crippen molar-refractivity contribution in [2.24, 2.45) is 0 Å². The number of nitrogens with one attached hydrogen (secondary N) is 1. The zero-order chi connectivity index (χ0) is 15.2. The van der Waals surface area contributed by atoms with Gasteiger partial charge in [-0.15, -0.1) is 0 Å². The van der Waals surface area contributed by atoms with Crippen LogP contribution in [0.1, 0.15) is 28.5 Å². The van der Waals surface area contributed by atoms with Crippen LogP contribution in [0.2, 0.25) is 0 Å². The van der Waals surface area contributed by atoms with Gasteiger partial charge in [-0.3, -0.25) is 0 Å². The van der Waals surface area contributed by atoms with Crippen molar-refractivity contribution in [1.82, 2.24) is 4.98 Å². The van der Waals surface area contributed by atoms with Crippen LogP contribution in [0.5, 0.6) is 0 Å². The monoisotopic (exact) mass is 288 g/mol. The third-order valence-electron chi connectivity index (χ3n) is 3.14. The molecule has 1 aromatic carbocycles. The van der Waals surface area contributed by atoms with Crippen LogP contribution in [-0.2, 0) is 12.8 Å². The van der Waals surface area contributed by atoms with E-state index in [1.807, 2.05) is 13.0 Å². The van der Waals surface area contributed by atoms with Crippen molar-refractivity contribution in [1.29, 1.82) is 0 Å². The molecule has 0 fully saturated rings. The lowest BCUT2D eigenvalue weighted by Crippen LogP contribution is -2.12. The minimum Gasteiger partial charge on any atom is -0.478 e. The molecule has 5 heteroatoms. The number of pyridine rings is 1. The summed E-state index contributed by atoms with van der Waals surface area (Å²) in [6.07, 6.45) is 1.33.